The monoisotopic (exact) mass is 440 g/mol. The maximum atomic E-state index is 12.9. The Hall–Kier alpha value is -2.71. The van der Waals surface area contributed by atoms with E-state index in [1.165, 1.54) is 0 Å². The number of amides is 1. The highest BCUT2D eigenvalue weighted by Crippen LogP contribution is 2.24. The first-order chi connectivity index (χ1) is 14.9. The van der Waals surface area contributed by atoms with E-state index < -0.39 is 10.0 Å². The summed E-state index contributed by atoms with van der Waals surface area (Å²) in [6.45, 7) is 5.62. The normalized spacial score (nSPS) is 15.3. The first-order valence-corrected chi connectivity index (χ1v) is 12.1. The fourth-order valence-corrected chi connectivity index (χ4v) is 5.50. The molecular formula is C23H28N4O3S. The third-order valence-corrected chi connectivity index (χ3v) is 7.90. The summed E-state index contributed by atoms with van der Waals surface area (Å²) in [5, 5.41) is 2.97. The summed E-state index contributed by atoms with van der Waals surface area (Å²) in [5.74, 6) is -0.0696. The minimum Gasteiger partial charge on any atom is -0.330 e. The van der Waals surface area contributed by atoms with Crippen molar-refractivity contribution in [1.29, 1.82) is 0 Å². The predicted molar refractivity (Wildman–Crippen MR) is 122 cm³/mol. The summed E-state index contributed by atoms with van der Waals surface area (Å²) in [6, 6.07) is 10.9. The number of hydrogen-bond donors (Lipinski definition) is 1. The Bertz CT molecular complexity index is 1210. The molecule has 1 aromatic heterocycles. The highest BCUT2D eigenvalue weighted by molar-refractivity contribution is 7.89. The molecule has 0 aliphatic carbocycles. The predicted octanol–water partition coefficient (Wildman–Crippen LogP) is 3.86. The summed E-state index contributed by atoms with van der Waals surface area (Å²) in [5.41, 5.74) is 4.46. The van der Waals surface area contributed by atoms with Gasteiger partial charge in [-0.3, -0.25) is 4.79 Å². The van der Waals surface area contributed by atoms with Gasteiger partial charge in [-0.15, -0.1) is 0 Å². The van der Waals surface area contributed by atoms with E-state index in [1.807, 2.05) is 36.6 Å². The second-order valence-electron chi connectivity index (χ2n) is 8.10. The van der Waals surface area contributed by atoms with Gasteiger partial charge in [-0.2, -0.15) is 4.31 Å². The summed E-state index contributed by atoms with van der Waals surface area (Å²) >= 11 is 0. The quantitative estimate of drug-likeness (QED) is 0.631. The van der Waals surface area contributed by atoms with Crippen LogP contribution in [0.1, 0.15) is 36.8 Å². The van der Waals surface area contributed by atoms with Crippen LogP contribution in [0.4, 0.5) is 5.69 Å². The molecular weight excluding hydrogens is 412 g/mol. The summed E-state index contributed by atoms with van der Waals surface area (Å²) < 4.78 is 29.3. The van der Waals surface area contributed by atoms with Crippen molar-refractivity contribution in [3.63, 3.8) is 0 Å². The van der Waals surface area contributed by atoms with E-state index in [9.17, 15) is 13.2 Å². The Morgan fingerprint density at radius 1 is 1.10 bits per heavy atom. The molecule has 4 rings (SSSR count). The van der Waals surface area contributed by atoms with Crippen LogP contribution in [0.5, 0.6) is 0 Å². The van der Waals surface area contributed by atoms with Gasteiger partial charge in [0.25, 0.3) is 0 Å². The van der Waals surface area contributed by atoms with Gasteiger partial charge in [-0.05, 0) is 62.1 Å². The van der Waals surface area contributed by atoms with Crippen LogP contribution in [-0.4, -0.2) is 41.3 Å². The van der Waals surface area contributed by atoms with Crippen LogP contribution < -0.4 is 5.32 Å². The standard InChI is InChI=1S/C23H28N4O3S/c1-17-7-6-8-20(18(17)2)25-23(28)11-14-26-16-24-21-15-19(9-10-22(21)26)31(29,30)27-12-4-3-5-13-27/h6-10,15-16H,3-5,11-14H2,1-2H3,(H,25,28). The second kappa shape index (κ2) is 8.80. The molecule has 0 saturated carbocycles. The molecule has 1 aliphatic heterocycles. The maximum Gasteiger partial charge on any atom is 0.243 e. The molecule has 31 heavy (non-hydrogen) atoms. The minimum absolute atomic E-state index is 0.0696. The van der Waals surface area contributed by atoms with Gasteiger partial charge in [0.2, 0.25) is 15.9 Å². The second-order valence-corrected chi connectivity index (χ2v) is 10.0. The number of carbonyl (C=O) groups is 1. The van der Waals surface area contributed by atoms with Crippen molar-refractivity contribution in [2.45, 2.75) is 51.0 Å². The van der Waals surface area contributed by atoms with Crippen LogP contribution in [0.15, 0.2) is 47.6 Å². The average molecular weight is 441 g/mol. The fourth-order valence-electron chi connectivity index (χ4n) is 3.96. The molecule has 0 spiro atoms. The maximum absolute atomic E-state index is 12.9. The van der Waals surface area contributed by atoms with Gasteiger partial charge >= 0.3 is 0 Å². The summed E-state index contributed by atoms with van der Waals surface area (Å²) in [4.78, 5) is 17.1. The van der Waals surface area contributed by atoms with E-state index in [1.54, 1.807) is 28.8 Å². The molecule has 1 saturated heterocycles. The minimum atomic E-state index is -3.49. The number of aromatic nitrogens is 2. The Balaban J connectivity index is 1.46. The molecule has 1 fully saturated rings. The van der Waals surface area contributed by atoms with E-state index in [4.69, 9.17) is 0 Å². The van der Waals surface area contributed by atoms with Crippen molar-refractivity contribution in [2.24, 2.45) is 0 Å². The van der Waals surface area contributed by atoms with Crippen LogP contribution >= 0.6 is 0 Å². The molecule has 164 valence electrons. The lowest BCUT2D eigenvalue weighted by Crippen LogP contribution is -2.35. The number of fused-ring (bicyclic) bond motifs is 1. The average Bonchev–Trinajstić information content (AvgIpc) is 3.18. The van der Waals surface area contributed by atoms with Crippen LogP contribution in [0.3, 0.4) is 0 Å². The van der Waals surface area contributed by atoms with E-state index in [0.717, 1.165) is 41.6 Å². The molecule has 1 amide bonds. The number of imidazole rings is 1. The molecule has 0 atom stereocenters. The van der Waals surface area contributed by atoms with Crippen molar-refractivity contribution in [1.82, 2.24) is 13.9 Å². The number of rotatable bonds is 6. The van der Waals surface area contributed by atoms with Crippen molar-refractivity contribution >= 4 is 32.7 Å². The van der Waals surface area contributed by atoms with Gasteiger partial charge in [0.1, 0.15) is 0 Å². The third-order valence-electron chi connectivity index (χ3n) is 6.00. The Morgan fingerprint density at radius 2 is 1.87 bits per heavy atom. The van der Waals surface area contributed by atoms with Crippen LogP contribution in [0.2, 0.25) is 0 Å². The lowest BCUT2D eigenvalue weighted by atomic mass is 10.1. The number of nitrogens with zero attached hydrogens (tertiary/aromatic N) is 3. The number of benzene rings is 2. The SMILES string of the molecule is Cc1cccc(NC(=O)CCn2cnc3cc(S(=O)(=O)N4CCCCC4)ccc32)c1C. The Labute approximate surface area is 183 Å². The summed E-state index contributed by atoms with van der Waals surface area (Å²) in [7, 11) is -3.49. The van der Waals surface area contributed by atoms with Crippen molar-refractivity contribution in [3.8, 4) is 0 Å². The number of hydrogen-bond acceptors (Lipinski definition) is 4. The number of aryl methyl sites for hydroxylation is 2. The van der Waals surface area contributed by atoms with Gasteiger partial charge in [0, 0.05) is 31.7 Å². The van der Waals surface area contributed by atoms with E-state index in [-0.39, 0.29) is 10.8 Å². The number of carbonyl (C=O) groups excluding carboxylic acids is 1. The highest BCUT2D eigenvalue weighted by atomic mass is 32.2. The van der Waals surface area contributed by atoms with Crippen LogP contribution in [-0.2, 0) is 21.4 Å². The topological polar surface area (TPSA) is 84.3 Å². The first-order valence-electron chi connectivity index (χ1n) is 10.7. The van der Waals surface area contributed by atoms with Crippen molar-refractivity contribution < 1.29 is 13.2 Å². The number of piperidine rings is 1. The van der Waals surface area contributed by atoms with Gasteiger partial charge < -0.3 is 9.88 Å². The number of sulfonamides is 1. The smallest absolute Gasteiger partial charge is 0.243 e. The van der Waals surface area contributed by atoms with E-state index in [2.05, 4.69) is 10.3 Å². The lowest BCUT2D eigenvalue weighted by molar-refractivity contribution is -0.116. The van der Waals surface area contributed by atoms with E-state index >= 15 is 0 Å². The molecule has 0 radical (unpaired) electrons. The van der Waals surface area contributed by atoms with Gasteiger partial charge in [0.05, 0.1) is 22.3 Å². The molecule has 0 bridgehead atoms. The van der Waals surface area contributed by atoms with Gasteiger partial charge in [-0.1, -0.05) is 18.6 Å². The fraction of sp³-hybridized carbons (Fsp3) is 0.391. The molecule has 2 aromatic carbocycles. The first kappa shape index (κ1) is 21.5. The van der Waals surface area contributed by atoms with E-state index in [0.29, 0.717) is 31.6 Å². The molecule has 7 nitrogen and oxygen atoms in total. The van der Waals surface area contributed by atoms with Gasteiger partial charge in [0.15, 0.2) is 0 Å². The molecule has 2 heterocycles. The third kappa shape index (κ3) is 4.50. The van der Waals surface area contributed by atoms with Crippen molar-refractivity contribution in [2.75, 3.05) is 18.4 Å². The Morgan fingerprint density at radius 3 is 2.65 bits per heavy atom. The molecule has 1 N–H and O–H groups in total. The highest BCUT2D eigenvalue weighted by Gasteiger charge is 2.26. The molecule has 1 aliphatic rings. The summed E-state index contributed by atoms with van der Waals surface area (Å²) in [6.07, 6.45) is 4.84. The molecule has 8 heteroatoms. The molecule has 0 unspecified atom stereocenters. The zero-order valence-electron chi connectivity index (χ0n) is 18.0. The van der Waals surface area contributed by atoms with Crippen molar-refractivity contribution in [3.05, 3.63) is 53.9 Å². The largest absolute Gasteiger partial charge is 0.330 e. The number of anilines is 1. The zero-order valence-corrected chi connectivity index (χ0v) is 18.8. The Kier molecular flexibility index (Phi) is 6.11. The van der Waals surface area contributed by atoms with Crippen LogP contribution in [0, 0.1) is 13.8 Å². The number of nitrogens with one attached hydrogen (secondary N) is 1. The lowest BCUT2D eigenvalue weighted by Gasteiger charge is -2.25. The zero-order chi connectivity index (χ0) is 22.0. The molecule has 3 aromatic rings. The van der Waals surface area contributed by atoms with Gasteiger partial charge in [-0.25, -0.2) is 13.4 Å². The van der Waals surface area contributed by atoms with Crippen LogP contribution in [0.25, 0.3) is 11.0 Å².